The molecule has 0 radical (unpaired) electrons. The van der Waals surface area contributed by atoms with Crippen molar-refractivity contribution in [3.05, 3.63) is 16.6 Å². The summed E-state index contributed by atoms with van der Waals surface area (Å²) in [7, 11) is 0. The average molecular weight is 336 g/mol. The molecule has 4 unspecified atom stereocenters. The van der Waals surface area contributed by atoms with Crippen LogP contribution in [0.15, 0.2) is 9.70 Å². The molecule has 0 fully saturated rings. The molecule has 12 nitrogen and oxygen atoms in total. The minimum atomic E-state index is -1.98. The molecule has 0 aliphatic carbocycles. The van der Waals surface area contributed by atoms with Crippen LogP contribution in [0.4, 0.5) is 0 Å². The van der Waals surface area contributed by atoms with Crippen molar-refractivity contribution in [2.75, 3.05) is 6.61 Å². The molecule has 0 aromatic carbocycles. The molecule has 1 aromatic rings. The predicted molar refractivity (Wildman–Crippen MR) is 72.7 cm³/mol. The zero-order valence-corrected chi connectivity index (χ0v) is 12.3. The van der Waals surface area contributed by atoms with E-state index in [1.807, 2.05) is 0 Å². The second-order valence-electron chi connectivity index (χ2n) is 4.19. The highest BCUT2D eigenvalue weighted by atomic mass is 32.2. The van der Waals surface area contributed by atoms with Gasteiger partial charge < -0.3 is 20.5 Å². The Morgan fingerprint density at radius 2 is 2.27 bits per heavy atom. The number of aromatic nitrogens is 2. The molecule has 124 valence electrons. The molecule has 13 heteroatoms. The summed E-state index contributed by atoms with van der Waals surface area (Å²) in [6.07, 6.45) is -1.27. The Hall–Kier alpha value is -1.64. The number of carbonyl (C=O) groups is 1. The second kappa shape index (κ2) is 8.72. The first-order chi connectivity index (χ1) is 10.4. The zero-order valence-electron chi connectivity index (χ0n) is 11.5. The van der Waals surface area contributed by atoms with E-state index in [0.29, 0.717) is 0 Å². The first-order valence-electron chi connectivity index (χ1n) is 6.04. The maximum absolute atomic E-state index is 11.7. The molecule has 0 saturated carbocycles. The summed E-state index contributed by atoms with van der Waals surface area (Å²) >= 11 is -1.98. The van der Waals surface area contributed by atoms with Gasteiger partial charge in [-0.2, -0.15) is 4.98 Å². The number of nitrogens with zero attached hydrogens (tertiary/aromatic N) is 3. The fourth-order valence-electron chi connectivity index (χ4n) is 1.27. The molecule has 1 amide bonds. The Balaban J connectivity index is 2.53. The average Bonchev–Trinajstić information content (AvgIpc) is 2.97. The van der Waals surface area contributed by atoms with E-state index >= 15 is 0 Å². The van der Waals surface area contributed by atoms with Gasteiger partial charge in [-0.05, 0) is 6.92 Å². The number of hydrogen-bond donors (Lipinski definition) is 5. The molecule has 0 spiro atoms. The van der Waals surface area contributed by atoms with Gasteiger partial charge in [0.1, 0.15) is 6.04 Å². The van der Waals surface area contributed by atoms with Crippen molar-refractivity contribution in [1.82, 2.24) is 19.6 Å². The van der Waals surface area contributed by atoms with Gasteiger partial charge in [0.2, 0.25) is 5.89 Å². The van der Waals surface area contributed by atoms with Crippen molar-refractivity contribution in [2.24, 2.45) is 10.9 Å². The van der Waals surface area contributed by atoms with Crippen molar-refractivity contribution < 1.29 is 23.7 Å². The quantitative estimate of drug-likeness (QED) is 0.300. The van der Waals surface area contributed by atoms with Crippen LogP contribution in [0.1, 0.15) is 24.7 Å². The maximum Gasteiger partial charge on any atom is 0.306 e. The molecule has 1 heterocycles. The largest absolute Gasteiger partial charge is 0.394 e. The van der Waals surface area contributed by atoms with E-state index in [9.17, 15) is 19.0 Å². The number of carbonyl (C=O) groups excluding carboxylic acids is 1. The monoisotopic (exact) mass is 336 g/mol. The van der Waals surface area contributed by atoms with Gasteiger partial charge in [0.15, 0.2) is 17.0 Å². The second-order valence-corrected chi connectivity index (χ2v) is 5.25. The Labute approximate surface area is 127 Å². The zero-order chi connectivity index (χ0) is 16.7. The highest BCUT2D eigenvalue weighted by Crippen LogP contribution is 2.05. The van der Waals surface area contributed by atoms with E-state index in [-0.39, 0.29) is 24.9 Å². The number of amides is 1. The minimum Gasteiger partial charge on any atom is -0.394 e. The third-order valence-electron chi connectivity index (χ3n) is 2.44. The summed E-state index contributed by atoms with van der Waals surface area (Å²) in [6.45, 7) is 0.731. The lowest BCUT2D eigenvalue weighted by Crippen LogP contribution is -2.47. The Morgan fingerprint density at radius 3 is 2.82 bits per heavy atom. The van der Waals surface area contributed by atoms with Gasteiger partial charge >= 0.3 is 5.91 Å². The first kappa shape index (κ1) is 18.4. The number of nitrogens with one attached hydrogen (secondary N) is 2. The summed E-state index contributed by atoms with van der Waals surface area (Å²) in [4.78, 5) is 25.1. The third-order valence-corrected chi connectivity index (χ3v) is 3.31. The van der Waals surface area contributed by atoms with Crippen molar-refractivity contribution in [2.45, 2.75) is 31.7 Å². The van der Waals surface area contributed by atoms with Crippen molar-refractivity contribution in [1.29, 1.82) is 0 Å². The number of rotatable bonds is 9. The van der Waals surface area contributed by atoms with Gasteiger partial charge in [0.05, 0.1) is 25.3 Å². The molecule has 1 rings (SSSR count). The Bertz CT molecular complexity index is 536. The van der Waals surface area contributed by atoms with E-state index in [2.05, 4.69) is 24.8 Å². The van der Waals surface area contributed by atoms with Crippen LogP contribution in [-0.2, 0) is 22.5 Å². The molecule has 4 atom stereocenters. The van der Waals surface area contributed by atoms with Crippen LogP contribution in [0.3, 0.4) is 0 Å². The molecular formula is C9H16N6O6S. The fourth-order valence-corrected chi connectivity index (χ4v) is 2.13. The number of aliphatic hydroxyl groups excluding tert-OH is 2. The van der Waals surface area contributed by atoms with E-state index < -0.39 is 35.3 Å². The lowest BCUT2D eigenvalue weighted by atomic mass is 10.2. The summed E-state index contributed by atoms with van der Waals surface area (Å²) < 4.78 is 21.1. The minimum absolute atomic E-state index is 0.0440. The highest BCUT2D eigenvalue weighted by molar-refractivity contribution is 7.81. The van der Waals surface area contributed by atoms with Crippen molar-refractivity contribution in [3.8, 4) is 0 Å². The lowest BCUT2D eigenvalue weighted by Gasteiger charge is -2.15. The summed E-state index contributed by atoms with van der Waals surface area (Å²) in [5.41, 5.74) is 5.48. The Morgan fingerprint density at radius 1 is 1.59 bits per heavy atom. The number of hydrogen-bond acceptors (Lipinski definition) is 9. The van der Waals surface area contributed by atoms with Gasteiger partial charge in [-0.15, -0.1) is 4.91 Å². The standard InChI is InChI=1S/C9H16N6O6S/c1-4(17)7(9(18)13-19)15-22(20)11-2-6-12-8(14-21-6)5(10)3-16/h4-5,7,11,15-17H,2-3,10H2,1H3. The predicted octanol–water partition coefficient (Wildman–Crippen LogP) is -2.64. The SMILES string of the molecule is CC(O)C(NS(=O)NCc1nc(C(N)CO)no1)C(=O)N=O. The van der Waals surface area contributed by atoms with E-state index in [4.69, 9.17) is 15.4 Å². The fraction of sp³-hybridized carbons (Fsp3) is 0.667. The summed E-state index contributed by atoms with van der Waals surface area (Å²) in [6, 6.07) is -2.20. The van der Waals surface area contributed by atoms with Crippen LogP contribution >= 0.6 is 0 Å². The van der Waals surface area contributed by atoms with Gasteiger partial charge in [0, 0.05) is 5.18 Å². The molecule has 6 N–H and O–H groups in total. The molecule has 0 bridgehead atoms. The molecule has 22 heavy (non-hydrogen) atoms. The van der Waals surface area contributed by atoms with Crippen molar-refractivity contribution in [3.63, 3.8) is 0 Å². The van der Waals surface area contributed by atoms with Crippen LogP contribution in [0.25, 0.3) is 0 Å². The molecule has 0 aliphatic heterocycles. The summed E-state index contributed by atoms with van der Waals surface area (Å²) in [5.74, 6) is -1.05. The summed E-state index contributed by atoms with van der Waals surface area (Å²) in [5, 5.41) is 23.8. The number of nitroso groups, excluding NO2 is 1. The van der Waals surface area contributed by atoms with Crippen LogP contribution in [-0.4, -0.2) is 49.2 Å². The van der Waals surface area contributed by atoms with Crippen LogP contribution in [0.2, 0.25) is 0 Å². The van der Waals surface area contributed by atoms with E-state index in [1.54, 1.807) is 0 Å². The molecule has 0 saturated heterocycles. The van der Waals surface area contributed by atoms with E-state index in [0.717, 1.165) is 0 Å². The van der Waals surface area contributed by atoms with Crippen LogP contribution < -0.4 is 15.2 Å². The third kappa shape index (κ3) is 5.28. The Kier molecular flexibility index (Phi) is 7.30. The first-order valence-corrected chi connectivity index (χ1v) is 7.19. The normalized spacial score (nSPS) is 16.7. The number of aliphatic hydroxyl groups is 2. The maximum atomic E-state index is 11.7. The topological polar surface area (TPSA) is 193 Å². The molecule has 0 aliphatic rings. The number of nitrogens with two attached hydrogens (primary N) is 1. The van der Waals surface area contributed by atoms with Crippen LogP contribution in [0.5, 0.6) is 0 Å². The molecule has 1 aromatic heterocycles. The van der Waals surface area contributed by atoms with Gasteiger partial charge in [0.25, 0.3) is 0 Å². The van der Waals surface area contributed by atoms with Crippen LogP contribution in [0, 0.1) is 4.91 Å². The van der Waals surface area contributed by atoms with E-state index in [1.165, 1.54) is 6.92 Å². The van der Waals surface area contributed by atoms with Crippen molar-refractivity contribution >= 4 is 17.1 Å². The smallest absolute Gasteiger partial charge is 0.306 e. The highest BCUT2D eigenvalue weighted by Gasteiger charge is 2.26. The van der Waals surface area contributed by atoms with Gasteiger partial charge in [-0.25, -0.2) is 13.7 Å². The van der Waals surface area contributed by atoms with Gasteiger partial charge in [-0.1, -0.05) is 5.16 Å². The molecular weight excluding hydrogens is 320 g/mol. The van der Waals surface area contributed by atoms with Gasteiger partial charge in [-0.3, -0.25) is 4.79 Å². The lowest BCUT2D eigenvalue weighted by molar-refractivity contribution is -0.121.